The highest BCUT2D eigenvalue weighted by molar-refractivity contribution is 5.25. The van der Waals surface area contributed by atoms with Gasteiger partial charge in [-0.05, 0) is 57.5 Å². The molecule has 0 heterocycles. The Morgan fingerprint density at radius 3 is 2.47 bits per heavy atom. The largest absolute Gasteiger partial charge is 0.313 e. The Morgan fingerprint density at radius 2 is 1.84 bits per heavy atom. The van der Waals surface area contributed by atoms with Crippen molar-refractivity contribution in [1.29, 1.82) is 0 Å². The lowest BCUT2D eigenvalue weighted by Crippen LogP contribution is -2.39. The summed E-state index contributed by atoms with van der Waals surface area (Å²) < 4.78 is 0. The Hall–Kier alpha value is -0.860. The number of rotatable bonds is 9. The van der Waals surface area contributed by atoms with Crippen molar-refractivity contribution in [2.75, 3.05) is 26.2 Å². The summed E-state index contributed by atoms with van der Waals surface area (Å²) in [6, 6.07) is 9.28. The van der Waals surface area contributed by atoms with E-state index in [9.17, 15) is 0 Å². The van der Waals surface area contributed by atoms with Crippen LogP contribution in [0.2, 0.25) is 0 Å². The van der Waals surface area contributed by atoms with Gasteiger partial charge in [0.05, 0.1) is 0 Å². The molecule has 2 heteroatoms. The molecule has 0 aliphatic carbocycles. The van der Waals surface area contributed by atoms with Crippen LogP contribution in [0.3, 0.4) is 0 Å². The van der Waals surface area contributed by atoms with Gasteiger partial charge in [0.25, 0.3) is 0 Å². The van der Waals surface area contributed by atoms with Gasteiger partial charge in [-0.3, -0.25) is 0 Å². The highest BCUT2D eigenvalue weighted by atomic mass is 15.1. The molecule has 0 radical (unpaired) electrons. The molecule has 0 saturated heterocycles. The molecule has 1 rings (SSSR count). The SMILES string of the molecule is CCN(CC)CC(C)NCCCc1ccccc1C. The van der Waals surface area contributed by atoms with E-state index in [1.165, 1.54) is 24.0 Å². The molecule has 0 aliphatic heterocycles. The first-order chi connectivity index (χ1) is 9.17. The minimum atomic E-state index is 0.580. The fourth-order valence-corrected chi connectivity index (χ4v) is 2.45. The summed E-state index contributed by atoms with van der Waals surface area (Å²) in [4.78, 5) is 2.47. The Balaban J connectivity index is 2.18. The molecule has 1 atom stereocenters. The summed E-state index contributed by atoms with van der Waals surface area (Å²) in [6.07, 6.45) is 2.39. The molecule has 1 aromatic carbocycles. The van der Waals surface area contributed by atoms with Crippen LogP contribution < -0.4 is 5.32 Å². The monoisotopic (exact) mass is 262 g/mol. The average molecular weight is 262 g/mol. The number of likely N-dealkylation sites (N-methyl/N-ethyl adjacent to an activating group) is 1. The van der Waals surface area contributed by atoms with E-state index >= 15 is 0 Å². The molecule has 19 heavy (non-hydrogen) atoms. The molecule has 108 valence electrons. The second-order valence-corrected chi connectivity index (χ2v) is 5.37. The van der Waals surface area contributed by atoms with E-state index in [4.69, 9.17) is 0 Å². The van der Waals surface area contributed by atoms with E-state index in [1.807, 2.05) is 0 Å². The third-order valence-electron chi connectivity index (χ3n) is 3.80. The lowest BCUT2D eigenvalue weighted by Gasteiger charge is -2.23. The van der Waals surface area contributed by atoms with Crippen LogP contribution >= 0.6 is 0 Å². The Bertz CT molecular complexity index is 345. The quantitative estimate of drug-likeness (QED) is 0.687. The van der Waals surface area contributed by atoms with Gasteiger partial charge in [0.2, 0.25) is 0 Å². The van der Waals surface area contributed by atoms with Gasteiger partial charge in [-0.15, -0.1) is 0 Å². The van der Waals surface area contributed by atoms with Gasteiger partial charge >= 0.3 is 0 Å². The molecule has 0 bridgehead atoms. The van der Waals surface area contributed by atoms with Crippen molar-refractivity contribution >= 4 is 0 Å². The minimum Gasteiger partial charge on any atom is -0.313 e. The number of nitrogens with zero attached hydrogens (tertiary/aromatic N) is 1. The van der Waals surface area contributed by atoms with Gasteiger partial charge < -0.3 is 10.2 Å². The molecule has 0 aromatic heterocycles. The van der Waals surface area contributed by atoms with Crippen molar-refractivity contribution in [2.45, 2.75) is 46.6 Å². The summed E-state index contributed by atoms with van der Waals surface area (Å²) in [5.41, 5.74) is 2.90. The second kappa shape index (κ2) is 9.11. The van der Waals surface area contributed by atoms with Crippen LogP contribution in [-0.2, 0) is 6.42 Å². The third kappa shape index (κ3) is 6.22. The topological polar surface area (TPSA) is 15.3 Å². The van der Waals surface area contributed by atoms with Crippen molar-refractivity contribution in [1.82, 2.24) is 10.2 Å². The summed E-state index contributed by atoms with van der Waals surface area (Å²) in [7, 11) is 0. The maximum atomic E-state index is 3.63. The third-order valence-corrected chi connectivity index (χ3v) is 3.80. The number of nitrogens with one attached hydrogen (secondary N) is 1. The van der Waals surface area contributed by atoms with Crippen LogP contribution in [0.1, 0.15) is 38.3 Å². The van der Waals surface area contributed by atoms with E-state index in [0.29, 0.717) is 6.04 Å². The van der Waals surface area contributed by atoms with Crippen molar-refractivity contribution < 1.29 is 0 Å². The van der Waals surface area contributed by atoms with Gasteiger partial charge in [0.15, 0.2) is 0 Å². The van der Waals surface area contributed by atoms with Crippen molar-refractivity contribution in [3.8, 4) is 0 Å². The fourth-order valence-electron chi connectivity index (χ4n) is 2.45. The highest BCUT2D eigenvalue weighted by Gasteiger charge is 2.06. The van der Waals surface area contributed by atoms with Crippen molar-refractivity contribution in [3.63, 3.8) is 0 Å². The zero-order valence-electron chi connectivity index (χ0n) is 13.1. The molecule has 1 unspecified atom stereocenters. The Labute approximate surface area is 119 Å². The van der Waals surface area contributed by atoms with Gasteiger partial charge in [-0.25, -0.2) is 0 Å². The number of benzene rings is 1. The lowest BCUT2D eigenvalue weighted by molar-refractivity contribution is 0.271. The van der Waals surface area contributed by atoms with Gasteiger partial charge in [-0.2, -0.15) is 0 Å². The molecular formula is C17H30N2. The predicted molar refractivity (Wildman–Crippen MR) is 84.8 cm³/mol. The van der Waals surface area contributed by atoms with Crippen LogP contribution in [0.5, 0.6) is 0 Å². The van der Waals surface area contributed by atoms with Crippen LogP contribution in [0.4, 0.5) is 0 Å². The van der Waals surface area contributed by atoms with Gasteiger partial charge in [0.1, 0.15) is 0 Å². The first-order valence-electron chi connectivity index (χ1n) is 7.67. The number of hydrogen-bond donors (Lipinski definition) is 1. The first kappa shape index (κ1) is 16.2. The normalized spacial score (nSPS) is 12.9. The van der Waals surface area contributed by atoms with Gasteiger partial charge in [0, 0.05) is 12.6 Å². The lowest BCUT2D eigenvalue weighted by atomic mass is 10.0. The number of hydrogen-bond acceptors (Lipinski definition) is 2. The smallest absolute Gasteiger partial charge is 0.0166 e. The van der Waals surface area contributed by atoms with E-state index in [1.54, 1.807) is 0 Å². The van der Waals surface area contributed by atoms with Gasteiger partial charge in [-0.1, -0.05) is 38.1 Å². The van der Waals surface area contributed by atoms with E-state index in [0.717, 1.165) is 26.2 Å². The first-order valence-corrected chi connectivity index (χ1v) is 7.67. The molecule has 2 nitrogen and oxygen atoms in total. The van der Waals surface area contributed by atoms with Crippen LogP contribution in [0.25, 0.3) is 0 Å². The minimum absolute atomic E-state index is 0.580. The summed E-state index contributed by atoms with van der Waals surface area (Å²) in [6.45, 7) is 13.5. The van der Waals surface area contributed by atoms with Crippen molar-refractivity contribution in [2.24, 2.45) is 0 Å². The van der Waals surface area contributed by atoms with E-state index in [-0.39, 0.29) is 0 Å². The molecule has 0 amide bonds. The fraction of sp³-hybridized carbons (Fsp3) is 0.647. The maximum Gasteiger partial charge on any atom is 0.0166 e. The molecule has 0 saturated carbocycles. The molecule has 0 aliphatic rings. The zero-order chi connectivity index (χ0) is 14.1. The number of aryl methyl sites for hydroxylation is 2. The summed E-state index contributed by atoms with van der Waals surface area (Å²) in [5, 5.41) is 3.63. The zero-order valence-corrected chi connectivity index (χ0v) is 13.1. The van der Waals surface area contributed by atoms with E-state index in [2.05, 4.69) is 62.2 Å². The molecule has 1 N–H and O–H groups in total. The van der Waals surface area contributed by atoms with E-state index < -0.39 is 0 Å². The van der Waals surface area contributed by atoms with Crippen molar-refractivity contribution in [3.05, 3.63) is 35.4 Å². The molecule has 1 aromatic rings. The molecule has 0 fully saturated rings. The highest BCUT2D eigenvalue weighted by Crippen LogP contribution is 2.08. The Kier molecular flexibility index (Phi) is 7.76. The standard InChI is InChI=1S/C17H30N2/c1-5-19(6-2)14-16(4)18-13-9-12-17-11-8-7-10-15(17)3/h7-8,10-11,16,18H,5-6,9,12-14H2,1-4H3. The molecular weight excluding hydrogens is 232 g/mol. The predicted octanol–water partition coefficient (Wildman–Crippen LogP) is 3.25. The van der Waals surface area contributed by atoms with Crippen LogP contribution in [0.15, 0.2) is 24.3 Å². The second-order valence-electron chi connectivity index (χ2n) is 5.37. The maximum absolute atomic E-state index is 3.63. The summed E-state index contributed by atoms with van der Waals surface area (Å²) >= 11 is 0. The van der Waals surface area contributed by atoms with Crippen LogP contribution in [0, 0.1) is 6.92 Å². The Morgan fingerprint density at radius 1 is 1.16 bits per heavy atom. The average Bonchev–Trinajstić information content (AvgIpc) is 2.42. The van der Waals surface area contributed by atoms with Crippen LogP contribution in [-0.4, -0.2) is 37.1 Å². The molecule has 0 spiro atoms. The summed E-state index contributed by atoms with van der Waals surface area (Å²) in [5.74, 6) is 0.